The van der Waals surface area contributed by atoms with E-state index in [-0.39, 0.29) is 22.0 Å². The van der Waals surface area contributed by atoms with E-state index in [1.54, 1.807) is 30.4 Å². The first-order chi connectivity index (χ1) is 16.4. The van der Waals surface area contributed by atoms with Crippen LogP contribution in [-0.2, 0) is 25.7 Å². The molecule has 0 radical (unpaired) electrons. The van der Waals surface area contributed by atoms with E-state index in [0.717, 1.165) is 0 Å². The van der Waals surface area contributed by atoms with E-state index in [1.807, 2.05) is 0 Å². The molecule has 0 amide bonds. The van der Waals surface area contributed by atoms with Gasteiger partial charge in [-0.2, -0.15) is 16.8 Å². The third-order valence-electron chi connectivity index (χ3n) is 6.49. The summed E-state index contributed by atoms with van der Waals surface area (Å²) in [6.45, 7) is 0. The molecule has 180 valence electrons. The van der Waals surface area contributed by atoms with Crippen LogP contribution < -0.4 is 0 Å². The van der Waals surface area contributed by atoms with E-state index < -0.39 is 31.8 Å². The Morgan fingerprint density at radius 3 is 1.71 bits per heavy atom. The van der Waals surface area contributed by atoms with E-state index in [0.29, 0.717) is 33.4 Å². The van der Waals surface area contributed by atoms with Crippen molar-refractivity contribution < 1.29 is 36.2 Å². The number of hydrogen-bond donors (Lipinski definition) is 4. The number of fused-ring (bicyclic) bond motifs is 3. The molecular formula is C25H20O8S2. The average Bonchev–Trinajstić information content (AvgIpc) is 3.09. The maximum atomic E-state index is 12.1. The highest BCUT2D eigenvalue weighted by Crippen LogP contribution is 2.58. The van der Waals surface area contributed by atoms with Gasteiger partial charge in [-0.1, -0.05) is 42.5 Å². The number of rotatable bonds is 4. The van der Waals surface area contributed by atoms with Crippen molar-refractivity contribution in [3.05, 3.63) is 101 Å². The summed E-state index contributed by atoms with van der Waals surface area (Å²) in [5.74, 6) is -0.00990. The Kier molecular flexibility index (Phi) is 5.28. The second-order valence-corrected chi connectivity index (χ2v) is 11.3. The lowest BCUT2D eigenvalue weighted by molar-refractivity contribution is 0.224. The number of phenolic OH excluding ortho intramolecular Hbond substituents is 1. The second-order valence-electron chi connectivity index (χ2n) is 8.48. The average molecular weight is 513 g/mol. The smallest absolute Gasteiger partial charge is 0.294 e. The lowest BCUT2D eigenvalue weighted by Gasteiger charge is -2.36. The molecule has 0 heterocycles. The molecule has 0 aromatic heterocycles. The number of benzene rings is 3. The molecule has 0 saturated carbocycles. The van der Waals surface area contributed by atoms with Crippen molar-refractivity contribution in [1.29, 1.82) is 0 Å². The molecule has 1 unspecified atom stereocenters. The maximum absolute atomic E-state index is 12.1. The summed E-state index contributed by atoms with van der Waals surface area (Å²) in [5, 5.41) is 20.0. The van der Waals surface area contributed by atoms with Crippen molar-refractivity contribution in [2.45, 2.75) is 27.7 Å². The molecular weight excluding hydrogens is 492 g/mol. The normalized spacial score (nSPS) is 18.6. The van der Waals surface area contributed by atoms with Gasteiger partial charge in [0.25, 0.3) is 20.2 Å². The van der Waals surface area contributed by atoms with Gasteiger partial charge in [0.1, 0.15) is 5.75 Å². The highest BCUT2D eigenvalue weighted by atomic mass is 32.2. The summed E-state index contributed by atoms with van der Waals surface area (Å²) >= 11 is 0. The maximum Gasteiger partial charge on any atom is 0.294 e. The Balaban J connectivity index is 1.97. The van der Waals surface area contributed by atoms with Gasteiger partial charge in [0.15, 0.2) is 0 Å². The lowest BCUT2D eigenvalue weighted by atomic mass is 9.66. The highest BCUT2D eigenvalue weighted by Gasteiger charge is 2.48. The zero-order valence-electron chi connectivity index (χ0n) is 18.0. The molecule has 5 rings (SSSR count). The minimum absolute atomic E-state index is 0.00990. The third kappa shape index (κ3) is 3.70. The fourth-order valence-electron chi connectivity index (χ4n) is 4.99. The van der Waals surface area contributed by atoms with Gasteiger partial charge in [-0.3, -0.25) is 9.11 Å². The van der Waals surface area contributed by atoms with Gasteiger partial charge in [-0.25, -0.2) is 0 Å². The summed E-state index contributed by atoms with van der Waals surface area (Å²) in [5.41, 5.74) is 2.01. The van der Waals surface area contributed by atoms with Crippen molar-refractivity contribution in [3.8, 4) is 16.9 Å². The quantitative estimate of drug-likeness (QED) is 0.388. The monoisotopic (exact) mass is 512 g/mol. The molecule has 0 aliphatic heterocycles. The summed E-state index contributed by atoms with van der Waals surface area (Å²) < 4.78 is 67.8. The predicted octanol–water partition coefficient (Wildman–Crippen LogP) is 3.45. The summed E-state index contributed by atoms with van der Waals surface area (Å²) in [4.78, 5) is -0.690. The first-order valence-corrected chi connectivity index (χ1v) is 13.4. The standard InChI is InChI=1S/C25H20O8S2/c26-17-5-1-15(2-6-17)25(16-3-7-18(27)8-4-16)23-13-19(34(28,29)30)9-11-21(23)22-12-10-20(14-24(22)25)35(31,32)33/h1-7,9-14,18,26-27H,8H2,(H,28,29,30)(H,31,32,33). The largest absolute Gasteiger partial charge is 0.508 e. The number of hydrogen-bond acceptors (Lipinski definition) is 6. The van der Waals surface area contributed by atoms with Gasteiger partial charge in [-0.15, -0.1) is 0 Å². The van der Waals surface area contributed by atoms with Gasteiger partial charge in [0, 0.05) is 0 Å². The number of phenols is 1. The van der Waals surface area contributed by atoms with Crippen molar-refractivity contribution in [3.63, 3.8) is 0 Å². The molecule has 0 spiro atoms. The minimum atomic E-state index is -4.58. The molecule has 3 aromatic rings. The van der Waals surface area contributed by atoms with E-state index in [9.17, 15) is 36.2 Å². The van der Waals surface area contributed by atoms with Crippen molar-refractivity contribution >= 4 is 20.2 Å². The fraction of sp³-hybridized carbons (Fsp3) is 0.120. The minimum Gasteiger partial charge on any atom is -0.508 e. The molecule has 10 heteroatoms. The summed E-state index contributed by atoms with van der Waals surface area (Å²) in [6.07, 6.45) is 4.56. The van der Waals surface area contributed by atoms with Gasteiger partial charge >= 0.3 is 0 Å². The highest BCUT2D eigenvalue weighted by molar-refractivity contribution is 7.86. The van der Waals surface area contributed by atoms with Gasteiger partial charge in [-0.05, 0) is 76.2 Å². The topological polar surface area (TPSA) is 149 Å². The molecule has 0 saturated heterocycles. The van der Waals surface area contributed by atoms with Crippen molar-refractivity contribution in [2.75, 3.05) is 0 Å². The fourth-order valence-corrected chi connectivity index (χ4v) is 6.00. The van der Waals surface area contributed by atoms with Crippen LogP contribution in [-0.4, -0.2) is 42.3 Å². The van der Waals surface area contributed by atoms with Crippen LogP contribution in [0.2, 0.25) is 0 Å². The number of aromatic hydroxyl groups is 1. The van der Waals surface area contributed by atoms with Crippen LogP contribution in [0.25, 0.3) is 11.1 Å². The summed E-state index contributed by atoms with van der Waals surface area (Å²) in [7, 11) is -9.15. The van der Waals surface area contributed by atoms with Crippen LogP contribution in [0.4, 0.5) is 0 Å². The molecule has 1 atom stereocenters. The molecule has 0 bridgehead atoms. The third-order valence-corrected chi connectivity index (χ3v) is 8.19. The van der Waals surface area contributed by atoms with E-state index >= 15 is 0 Å². The van der Waals surface area contributed by atoms with Crippen molar-refractivity contribution in [1.82, 2.24) is 0 Å². The zero-order chi connectivity index (χ0) is 25.2. The van der Waals surface area contributed by atoms with Gasteiger partial charge in [0.2, 0.25) is 0 Å². The first kappa shape index (κ1) is 23.5. The Labute approximate surface area is 202 Å². The van der Waals surface area contributed by atoms with Crippen LogP contribution in [0.5, 0.6) is 5.75 Å². The SMILES string of the molecule is O=S(=O)(O)c1ccc2c(c1)C(C1=CCC(O)C=C1)(c1ccc(O)cc1)c1cc(S(=O)(=O)O)ccc1-2. The summed E-state index contributed by atoms with van der Waals surface area (Å²) in [6, 6.07) is 14.4. The predicted molar refractivity (Wildman–Crippen MR) is 127 cm³/mol. The van der Waals surface area contributed by atoms with Crippen LogP contribution in [0, 0.1) is 0 Å². The molecule has 4 N–H and O–H groups in total. The molecule has 2 aliphatic rings. The molecule has 35 heavy (non-hydrogen) atoms. The van der Waals surface area contributed by atoms with E-state index in [1.165, 1.54) is 48.5 Å². The Morgan fingerprint density at radius 1 is 0.771 bits per heavy atom. The first-order valence-electron chi connectivity index (χ1n) is 10.5. The number of aliphatic hydroxyl groups is 1. The van der Waals surface area contributed by atoms with E-state index in [4.69, 9.17) is 0 Å². The zero-order valence-corrected chi connectivity index (χ0v) is 19.7. The number of allylic oxidation sites excluding steroid dienone is 2. The lowest BCUT2D eigenvalue weighted by Crippen LogP contribution is -2.30. The molecule has 0 fully saturated rings. The molecule has 2 aliphatic carbocycles. The van der Waals surface area contributed by atoms with Crippen LogP contribution >= 0.6 is 0 Å². The van der Waals surface area contributed by atoms with E-state index in [2.05, 4.69) is 0 Å². The van der Waals surface area contributed by atoms with Gasteiger partial charge in [0.05, 0.1) is 21.3 Å². The number of aliphatic hydroxyl groups excluding tert-OH is 1. The molecule has 8 nitrogen and oxygen atoms in total. The Morgan fingerprint density at radius 2 is 1.29 bits per heavy atom. The Bertz CT molecular complexity index is 1550. The molecule has 3 aromatic carbocycles. The van der Waals surface area contributed by atoms with Crippen LogP contribution in [0.3, 0.4) is 0 Å². The van der Waals surface area contributed by atoms with Crippen LogP contribution in [0.1, 0.15) is 23.1 Å². The van der Waals surface area contributed by atoms with Crippen LogP contribution in [0.15, 0.2) is 94.3 Å². The van der Waals surface area contributed by atoms with Gasteiger partial charge < -0.3 is 10.2 Å². The Hall–Kier alpha value is -3.28. The second kappa shape index (κ2) is 7.87. The van der Waals surface area contributed by atoms with Crippen molar-refractivity contribution in [2.24, 2.45) is 0 Å².